The van der Waals surface area contributed by atoms with Gasteiger partial charge in [-0.3, -0.25) is 9.59 Å². The Morgan fingerprint density at radius 1 is 1.03 bits per heavy atom. The zero-order chi connectivity index (χ0) is 21.9. The summed E-state index contributed by atoms with van der Waals surface area (Å²) in [5, 5.41) is 2.99. The van der Waals surface area contributed by atoms with Crippen molar-refractivity contribution in [1.29, 1.82) is 0 Å². The molecule has 0 radical (unpaired) electrons. The molecule has 2 amide bonds. The quantitative estimate of drug-likeness (QED) is 0.581. The molecule has 2 aromatic rings. The second-order valence-electron chi connectivity index (χ2n) is 7.34. The summed E-state index contributed by atoms with van der Waals surface area (Å²) in [6, 6.07) is 17.2. The monoisotopic (exact) mass is 428 g/mol. The van der Waals surface area contributed by atoms with Crippen LogP contribution in [0.5, 0.6) is 5.75 Å². The maximum Gasteiger partial charge on any atom is 0.242 e. The van der Waals surface area contributed by atoms with Crippen LogP contribution in [0.1, 0.15) is 38.3 Å². The van der Waals surface area contributed by atoms with E-state index in [1.165, 1.54) is 5.56 Å². The average molecular weight is 429 g/mol. The highest BCUT2D eigenvalue weighted by Gasteiger charge is 2.26. The Labute approximate surface area is 184 Å². The number of carbonyl (C=O) groups is 2. The van der Waals surface area contributed by atoms with Gasteiger partial charge in [-0.2, -0.15) is 0 Å². The molecule has 30 heavy (non-hydrogen) atoms. The minimum Gasteiger partial charge on any atom is -0.497 e. The number of amides is 2. The minimum atomic E-state index is -0.550. The van der Waals surface area contributed by atoms with Crippen LogP contribution in [0.3, 0.4) is 0 Å². The molecule has 0 spiro atoms. The van der Waals surface area contributed by atoms with E-state index < -0.39 is 6.04 Å². The molecular weight excluding hydrogens is 396 g/mol. The highest BCUT2D eigenvalue weighted by molar-refractivity contribution is 7.99. The van der Waals surface area contributed by atoms with Gasteiger partial charge in [0.15, 0.2) is 0 Å². The lowest BCUT2D eigenvalue weighted by atomic mass is 10.1. The third kappa shape index (κ3) is 7.41. The third-order valence-corrected chi connectivity index (χ3v) is 6.01. The van der Waals surface area contributed by atoms with Crippen LogP contribution in [0.25, 0.3) is 0 Å². The van der Waals surface area contributed by atoms with E-state index in [9.17, 15) is 9.59 Å². The zero-order valence-electron chi connectivity index (χ0n) is 18.3. The van der Waals surface area contributed by atoms with E-state index in [0.29, 0.717) is 12.3 Å². The number of hydrogen-bond acceptors (Lipinski definition) is 4. The highest BCUT2D eigenvalue weighted by Crippen LogP contribution is 2.18. The molecule has 0 saturated carbocycles. The molecule has 0 aliphatic carbocycles. The van der Waals surface area contributed by atoms with Crippen molar-refractivity contribution in [2.24, 2.45) is 0 Å². The van der Waals surface area contributed by atoms with Crippen LogP contribution in [-0.2, 0) is 21.9 Å². The SMILES string of the molecule is CC[C@H](C)NC(=O)[C@H](C)N(Cc1ccc(OC)cc1)C(=O)CSCc1ccccc1. The Hall–Kier alpha value is -2.47. The fraction of sp³-hybridized carbons (Fsp3) is 0.417. The van der Waals surface area contributed by atoms with Gasteiger partial charge in [-0.1, -0.05) is 49.4 Å². The first-order chi connectivity index (χ1) is 14.4. The Morgan fingerprint density at radius 3 is 2.30 bits per heavy atom. The maximum absolute atomic E-state index is 13.1. The first kappa shape index (κ1) is 23.8. The van der Waals surface area contributed by atoms with E-state index >= 15 is 0 Å². The second-order valence-corrected chi connectivity index (χ2v) is 8.33. The van der Waals surface area contributed by atoms with Crippen molar-refractivity contribution < 1.29 is 14.3 Å². The topological polar surface area (TPSA) is 58.6 Å². The Kier molecular flexibility index (Phi) is 9.74. The molecule has 2 rings (SSSR count). The normalized spacial score (nSPS) is 12.7. The molecule has 5 nitrogen and oxygen atoms in total. The number of hydrogen-bond donors (Lipinski definition) is 1. The number of nitrogens with one attached hydrogen (secondary N) is 1. The molecule has 0 unspecified atom stereocenters. The summed E-state index contributed by atoms with van der Waals surface area (Å²) >= 11 is 1.56. The number of ether oxygens (including phenoxy) is 1. The van der Waals surface area contributed by atoms with E-state index in [2.05, 4.69) is 17.4 Å². The average Bonchev–Trinajstić information content (AvgIpc) is 2.77. The predicted octanol–water partition coefficient (Wildman–Crippen LogP) is 4.26. The molecule has 0 saturated heterocycles. The molecular formula is C24H32N2O3S. The van der Waals surface area contributed by atoms with Gasteiger partial charge in [-0.05, 0) is 43.5 Å². The Morgan fingerprint density at radius 2 is 1.70 bits per heavy atom. The van der Waals surface area contributed by atoms with Gasteiger partial charge < -0.3 is 15.0 Å². The van der Waals surface area contributed by atoms with E-state index in [-0.39, 0.29) is 17.9 Å². The van der Waals surface area contributed by atoms with Gasteiger partial charge in [-0.25, -0.2) is 0 Å². The molecule has 0 aliphatic rings. The van der Waals surface area contributed by atoms with Gasteiger partial charge in [0.05, 0.1) is 12.9 Å². The fourth-order valence-corrected chi connectivity index (χ4v) is 3.76. The van der Waals surface area contributed by atoms with Crippen LogP contribution >= 0.6 is 11.8 Å². The number of carbonyl (C=O) groups excluding carboxylic acids is 2. The molecule has 1 N–H and O–H groups in total. The van der Waals surface area contributed by atoms with Crippen molar-refractivity contribution in [2.45, 2.75) is 51.6 Å². The molecule has 0 aromatic heterocycles. The second kappa shape index (κ2) is 12.3. The summed E-state index contributed by atoms with van der Waals surface area (Å²) in [4.78, 5) is 27.4. The van der Waals surface area contributed by atoms with Crippen molar-refractivity contribution in [3.05, 3.63) is 65.7 Å². The summed E-state index contributed by atoms with van der Waals surface area (Å²) in [5.41, 5.74) is 2.14. The van der Waals surface area contributed by atoms with Crippen molar-refractivity contribution in [2.75, 3.05) is 12.9 Å². The first-order valence-corrected chi connectivity index (χ1v) is 11.4. The standard InChI is InChI=1S/C24H32N2O3S/c1-5-18(2)25-24(28)19(3)26(15-20-11-13-22(29-4)14-12-20)23(27)17-30-16-21-9-7-6-8-10-21/h6-14,18-19H,5,15-17H2,1-4H3,(H,25,28)/t18-,19-/m0/s1. The lowest BCUT2D eigenvalue weighted by Crippen LogP contribution is -2.50. The Bertz CT molecular complexity index is 796. The first-order valence-electron chi connectivity index (χ1n) is 10.3. The lowest BCUT2D eigenvalue weighted by molar-refractivity contribution is -0.138. The fourth-order valence-electron chi connectivity index (χ4n) is 2.89. The van der Waals surface area contributed by atoms with Crippen LogP contribution < -0.4 is 10.1 Å². The molecule has 2 atom stereocenters. The Balaban J connectivity index is 2.07. The summed E-state index contributed by atoms with van der Waals surface area (Å²) in [7, 11) is 1.62. The van der Waals surface area contributed by atoms with Crippen molar-refractivity contribution in [3.8, 4) is 5.75 Å². The minimum absolute atomic E-state index is 0.0430. The number of thioether (sulfide) groups is 1. The molecule has 6 heteroatoms. The van der Waals surface area contributed by atoms with Gasteiger partial charge in [0.2, 0.25) is 11.8 Å². The predicted molar refractivity (Wildman–Crippen MR) is 124 cm³/mol. The van der Waals surface area contributed by atoms with Crippen LogP contribution in [0.15, 0.2) is 54.6 Å². The van der Waals surface area contributed by atoms with E-state index in [1.54, 1.807) is 30.7 Å². The molecule has 0 heterocycles. The maximum atomic E-state index is 13.1. The van der Waals surface area contributed by atoms with Crippen LogP contribution in [0, 0.1) is 0 Å². The summed E-state index contributed by atoms with van der Waals surface area (Å²) in [6.45, 7) is 6.16. The van der Waals surface area contributed by atoms with Crippen molar-refractivity contribution in [1.82, 2.24) is 10.2 Å². The summed E-state index contributed by atoms with van der Waals surface area (Å²) in [5.74, 6) is 1.68. The van der Waals surface area contributed by atoms with Gasteiger partial charge >= 0.3 is 0 Å². The summed E-state index contributed by atoms with van der Waals surface area (Å²) < 4.78 is 5.21. The third-order valence-electron chi connectivity index (χ3n) is 5.02. The van der Waals surface area contributed by atoms with Crippen molar-refractivity contribution >= 4 is 23.6 Å². The van der Waals surface area contributed by atoms with E-state index in [1.807, 2.05) is 56.3 Å². The number of benzene rings is 2. The lowest BCUT2D eigenvalue weighted by Gasteiger charge is -2.29. The van der Waals surface area contributed by atoms with Crippen LogP contribution in [0.2, 0.25) is 0 Å². The molecule has 2 aromatic carbocycles. The molecule has 0 bridgehead atoms. The van der Waals surface area contributed by atoms with Gasteiger partial charge in [0.1, 0.15) is 11.8 Å². The molecule has 162 valence electrons. The summed E-state index contributed by atoms with van der Waals surface area (Å²) in [6.07, 6.45) is 0.845. The van der Waals surface area contributed by atoms with E-state index in [4.69, 9.17) is 4.74 Å². The smallest absolute Gasteiger partial charge is 0.242 e. The zero-order valence-corrected chi connectivity index (χ0v) is 19.1. The molecule has 0 fully saturated rings. The molecule has 0 aliphatic heterocycles. The van der Waals surface area contributed by atoms with E-state index in [0.717, 1.165) is 23.5 Å². The van der Waals surface area contributed by atoms with Crippen molar-refractivity contribution in [3.63, 3.8) is 0 Å². The number of nitrogens with zero attached hydrogens (tertiary/aromatic N) is 1. The number of rotatable bonds is 11. The van der Waals surface area contributed by atoms with Crippen LogP contribution in [0.4, 0.5) is 0 Å². The highest BCUT2D eigenvalue weighted by atomic mass is 32.2. The van der Waals surface area contributed by atoms with Gasteiger partial charge in [0.25, 0.3) is 0 Å². The largest absolute Gasteiger partial charge is 0.497 e. The van der Waals surface area contributed by atoms with Crippen LogP contribution in [-0.4, -0.2) is 41.7 Å². The van der Waals surface area contributed by atoms with Gasteiger partial charge in [-0.15, -0.1) is 11.8 Å². The number of methoxy groups -OCH3 is 1. The van der Waals surface area contributed by atoms with Gasteiger partial charge in [0, 0.05) is 18.3 Å².